The molecule has 31 heavy (non-hydrogen) atoms. The van der Waals surface area contributed by atoms with E-state index < -0.39 is 29.2 Å². The Balaban J connectivity index is 2.00. The second-order valence-corrected chi connectivity index (χ2v) is 7.85. The number of hydrogen-bond acceptors (Lipinski definition) is 5. The predicted molar refractivity (Wildman–Crippen MR) is 113 cm³/mol. The normalized spacial score (nSPS) is 16.1. The average Bonchev–Trinajstić information content (AvgIpc) is 3.04. The maximum Gasteiger partial charge on any atom is 0.338 e. The lowest BCUT2D eigenvalue weighted by molar-refractivity contribution is -0.139. The molecule has 0 radical (unpaired) electrons. The van der Waals surface area contributed by atoms with Crippen molar-refractivity contribution >= 4 is 23.4 Å². The zero-order valence-electron chi connectivity index (χ0n) is 16.8. The van der Waals surface area contributed by atoms with Gasteiger partial charge in [0.25, 0.3) is 5.56 Å². The number of nitrogens with zero attached hydrogens (tertiary/aromatic N) is 2. The van der Waals surface area contributed by atoms with E-state index in [1.807, 2.05) is 0 Å². The van der Waals surface area contributed by atoms with E-state index in [-0.39, 0.29) is 27.8 Å². The number of benzene rings is 2. The Labute approximate surface area is 180 Å². The van der Waals surface area contributed by atoms with E-state index in [1.165, 1.54) is 34.9 Å². The van der Waals surface area contributed by atoms with E-state index in [0.717, 1.165) is 11.3 Å². The van der Waals surface area contributed by atoms with Crippen LogP contribution in [0, 0.1) is 11.6 Å². The summed E-state index contributed by atoms with van der Waals surface area (Å²) in [4.78, 5) is 30.8. The molecule has 0 saturated carbocycles. The summed E-state index contributed by atoms with van der Waals surface area (Å²) < 4.78 is 35.6. The number of carbonyl (C=O) groups excluding carboxylic acids is 1. The van der Waals surface area contributed by atoms with E-state index in [1.54, 1.807) is 38.1 Å². The van der Waals surface area contributed by atoms with Crippen LogP contribution in [0.15, 0.2) is 69.6 Å². The largest absolute Gasteiger partial charge is 0.463 e. The minimum absolute atomic E-state index is 0.0943. The van der Waals surface area contributed by atoms with Crippen LogP contribution in [-0.4, -0.2) is 17.1 Å². The molecule has 2 heterocycles. The van der Waals surface area contributed by atoms with Crippen LogP contribution in [0.5, 0.6) is 0 Å². The van der Waals surface area contributed by atoms with Gasteiger partial charge in [0.1, 0.15) is 17.7 Å². The van der Waals surface area contributed by atoms with Crippen molar-refractivity contribution in [3.63, 3.8) is 0 Å². The van der Waals surface area contributed by atoms with Crippen molar-refractivity contribution in [2.45, 2.75) is 19.9 Å². The molecule has 0 bridgehead atoms. The lowest BCUT2D eigenvalue weighted by Crippen LogP contribution is -2.40. The molecular formula is C23H18F2N2O3S. The third-order valence-electron chi connectivity index (χ3n) is 4.91. The second-order valence-electron chi connectivity index (χ2n) is 6.85. The number of allylic oxidation sites excluding steroid dienone is 1. The van der Waals surface area contributed by atoms with Gasteiger partial charge in [0, 0.05) is 11.1 Å². The van der Waals surface area contributed by atoms with Gasteiger partial charge in [-0.1, -0.05) is 47.7 Å². The number of carbonyl (C=O) groups is 1. The number of aromatic nitrogens is 1. The van der Waals surface area contributed by atoms with Gasteiger partial charge in [-0.15, -0.1) is 0 Å². The molecule has 0 aliphatic carbocycles. The second kappa shape index (κ2) is 8.39. The lowest BCUT2D eigenvalue weighted by Gasteiger charge is -2.24. The fraction of sp³-hybridized carbons (Fsp3) is 0.174. The number of esters is 1. The van der Waals surface area contributed by atoms with Crippen LogP contribution in [-0.2, 0) is 9.53 Å². The molecule has 1 aliphatic rings. The topological polar surface area (TPSA) is 60.7 Å². The maximum atomic E-state index is 14.8. The van der Waals surface area contributed by atoms with Crippen molar-refractivity contribution in [2.24, 2.45) is 4.99 Å². The zero-order valence-corrected chi connectivity index (χ0v) is 17.6. The Morgan fingerprint density at radius 2 is 1.84 bits per heavy atom. The van der Waals surface area contributed by atoms with Gasteiger partial charge in [0.2, 0.25) is 0 Å². The molecule has 0 saturated heterocycles. The number of hydrogen-bond donors (Lipinski definition) is 0. The highest BCUT2D eigenvalue weighted by molar-refractivity contribution is 7.07. The van der Waals surface area contributed by atoms with Crippen molar-refractivity contribution in [3.05, 3.63) is 102 Å². The van der Waals surface area contributed by atoms with Gasteiger partial charge in [-0.2, -0.15) is 0 Å². The highest BCUT2D eigenvalue weighted by Crippen LogP contribution is 2.32. The molecule has 0 unspecified atom stereocenters. The van der Waals surface area contributed by atoms with Crippen LogP contribution in [0.1, 0.15) is 31.0 Å². The van der Waals surface area contributed by atoms with E-state index in [2.05, 4.69) is 4.99 Å². The summed E-state index contributed by atoms with van der Waals surface area (Å²) in [6.45, 7) is 3.40. The summed E-state index contributed by atoms with van der Waals surface area (Å²) in [5, 5.41) is 0. The van der Waals surface area contributed by atoms with Crippen molar-refractivity contribution in [1.82, 2.24) is 4.57 Å². The highest BCUT2D eigenvalue weighted by atomic mass is 32.1. The summed E-state index contributed by atoms with van der Waals surface area (Å²) in [5.41, 5.74) is 0.340. The molecule has 8 heteroatoms. The molecule has 1 aliphatic heterocycles. The highest BCUT2D eigenvalue weighted by Gasteiger charge is 2.34. The lowest BCUT2D eigenvalue weighted by atomic mass is 9.95. The van der Waals surface area contributed by atoms with Gasteiger partial charge in [0.05, 0.1) is 22.4 Å². The molecule has 3 aromatic rings. The van der Waals surface area contributed by atoms with Crippen LogP contribution >= 0.6 is 11.3 Å². The molecule has 0 spiro atoms. The molecule has 0 N–H and O–H groups in total. The minimum Gasteiger partial charge on any atom is -0.463 e. The van der Waals surface area contributed by atoms with Crippen LogP contribution < -0.4 is 14.9 Å². The summed E-state index contributed by atoms with van der Waals surface area (Å²) in [5.74, 6) is -1.70. The first-order valence-corrected chi connectivity index (χ1v) is 10.4. The number of rotatable bonds is 4. The van der Waals surface area contributed by atoms with Crippen LogP contribution in [0.25, 0.3) is 6.08 Å². The number of ether oxygens (including phenoxy) is 1. The summed E-state index contributed by atoms with van der Waals surface area (Å²) >= 11 is 1.05. The average molecular weight is 440 g/mol. The molecule has 2 aromatic carbocycles. The quantitative estimate of drug-likeness (QED) is 0.586. The molecule has 1 aromatic heterocycles. The SMILES string of the molecule is CCOC(=O)C1=C(C)N=c2sc(=Cc3ccccc3F)c(=O)n2[C@H]1c1ccccc1F. The first kappa shape index (κ1) is 20.9. The number of halogens is 2. The smallest absolute Gasteiger partial charge is 0.338 e. The van der Waals surface area contributed by atoms with E-state index in [0.29, 0.717) is 10.5 Å². The monoisotopic (exact) mass is 440 g/mol. The molecule has 1 atom stereocenters. The molecule has 158 valence electrons. The van der Waals surface area contributed by atoms with Gasteiger partial charge >= 0.3 is 5.97 Å². The van der Waals surface area contributed by atoms with Crippen LogP contribution in [0.2, 0.25) is 0 Å². The van der Waals surface area contributed by atoms with E-state index in [9.17, 15) is 18.4 Å². The van der Waals surface area contributed by atoms with Gasteiger partial charge in [-0.25, -0.2) is 18.6 Å². The Hall–Kier alpha value is -3.39. The number of thiazole rings is 1. The zero-order chi connectivity index (χ0) is 22.1. The Kier molecular flexibility index (Phi) is 5.65. The molecule has 0 fully saturated rings. The Morgan fingerprint density at radius 3 is 2.52 bits per heavy atom. The molecule has 4 rings (SSSR count). The van der Waals surface area contributed by atoms with Crippen molar-refractivity contribution in [2.75, 3.05) is 6.61 Å². The van der Waals surface area contributed by atoms with Gasteiger partial charge in [-0.05, 0) is 32.1 Å². The van der Waals surface area contributed by atoms with Crippen LogP contribution in [0.3, 0.4) is 0 Å². The minimum atomic E-state index is -1.04. The Bertz CT molecular complexity index is 1390. The van der Waals surface area contributed by atoms with Gasteiger partial charge in [0.15, 0.2) is 4.80 Å². The maximum absolute atomic E-state index is 14.8. The Morgan fingerprint density at radius 1 is 1.16 bits per heavy atom. The third kappa shape index (κ3) is 3.74. The fourth-order valence-electron chi connectivity index (χ4n) is 3.52. The third-order valence-corrected chi connectivity index (χ3v) is 5.89. The van der Waals surface area contributed by atoms with Crippen molar-refractivity contribution < 1.29 is 18.3 Å². The predicted octanol–water partition coefficient (Wildman–Crippen LogP) is 3.08. The summed E-state index contributed by atoms with van der Waals surface area (Å²) in [6.07, 6.45) is 1.43. The van der Waals surface area contributed by atoms with E-state index in [4.69, 9.17) is 4.74 Å². The molecular weight excluding hydrogens is 422 g/mol. The van der Waals surface area contributed by atoms with Gasteiger partial charge in [-0.3, -0.25) is 9.36 Å². The van der Waals surface area contributed by atoms with Crippen LogP contribution in [0.4, 0.5) is 8.78 Å². The molecule has 5 nitrogen and oxygen atoms in total. The first-order valence-electron chi connectivity index (χ1n) is 9.61. The summed E-state index contributed by atoms with van der Waals surface area (Å²) in [6, 6.07) is 11.0. The number of fused-ring (bicyclic) bond motifs is 1. The fourth-order valence-corrected chi connectivity index (χ4v) is 4.55. The standard InChI is InChI=1S/C23H18F2N2O3S/c1-3-30-22(29)19-13(2)26-23-27(20(19)15-9-5-7-11-17(15)25)21(28)18(31-23)12-14-8-4-6-10-16(14)24/h4-12,20H,3H2,1-2H3/t20-/m0/s1. The van der Waals surface area contributed by atoms with Crippen molar-refractivity contribution in [1.29, 1.82) is 0 Å². The van der Waals surface area contributed by atoms with Gasteiger partial charge < -0.3 is 4.74 Å². The molecule has 0 amide bonds. The summed E-state index contributed by atoms with van der Waals surface area (Å²) in [7, 11) is 0. The van der Waals surface area contributed by atoms with E-state index >= 15 is 0 Å². The van der Waals surface area contributed by atoms with Crippen molar-refractivity contribution in [3.8, 4) is 0 Å². The first-order chi connectivity index (χ1) is 14.9.